The molecular weight excluding hydrogens is 262 g/mol. The van der Waals surface area contributed by atoms with Gasteiger partial charge in [-0.25, -0.2) is 0 Å². The Balaban J connectivity index is 2.38. The highest BCUT2D eigenvalue weighted by atomic mass is 16.1. The van der Waals surface area contributed by atoms with Crippen LogP contribution in [0.5, 0.6) is 0 Å². The number of hydrogen-bond donors (Lipinski definition) is 1. The van der Waals surface area contributed by atoms with Crippen molar-refractivity contribution in [3.05, 3.63) is 35.4 Å². The quantitative estimate of drug-likeness (QED) is 0.800. The number of nitriles is 1. The van der Waals surface area contributed by atoms with E-state index in [2.05, 4.69) is 24.1 Å². The standard InChI is InChI=1S/C17H25N3O/c1-4-20(5-2)12-6-7-14(3)19-17(21)16-10-8-15(13-18)9-11-16/h8-11,14H,4-7,12H2,1-3H3,(H,19,21). The van der Waals surface area contributed by atoms with Gasteiger partial charge in [-0.15, -0.1) is 0 Å². The zero-order valence-electron chi connectivity index (χ0n) is 13.2. The molecule has 1 rings (SSSR count). The summed E-state index contributed by atoms with van der Waals surface area (Å²) in [6.07, 6.45) is 2.05. The van der Waals surface area contributed by atoms with Crippen molar-refractivity contribution in [2.45, 2.75) is 39.7 Å². The van der Waals surface area contributed by atoms with Crippen molar-refractivity contribution in [2.24, 2.45) is 0 Å². The Bertz CT molecular complexity index is 472. The highest BCUT2D eigenvalue weighted by Crippen LogP contribution is 2.05. The maximum atomic E-state index is 12.1. The van der Waals surface area contributed by atoms with Crippen molar-refractivity contribution < 1.29 is 4.79 Å². The summed E-state index contributed by atoms with van der Waals surface area (Å²) in [5.74, 6) is -0.0742. The van der Waals surface area contributed by atoms with Crippen LogP contribution in [-0.4, -0.2) is 36.5 Å². The third kappa shape index (κ3) is 5.97. The molecule has 0 aliphatic carbocycles. The molecule has 1 amide bonds. The van der Waals surface area contributed by atoms with Gasteiger partial charge in [0.15, 0.2) is 0 Å². The van der Waals surface area contributed by atoms with Crippen LogP contribution in [0.2, 0.25) is 0 Å². The van der Waals surface area contributed by atoms with E-state index in [4.69, 9.17) is 5.26 Å². The van der Waals surface area contributed by atoms with Gasteiger partial charge in [-0.3, -0.25) is 4.79 Å². The Morgan fingerprint density at radius 2 is 1.90 bits per heavy atom. The largest absolute Gasteiger partial charge is 0.350 e. The predicted octanol–water partition coefficient (Wildman–Crippen LogP) is 2.80. The summed E-state index contributed by atoms with van der Waals surface area (Å²) >= 11 is 0. The summed E-state index contributed by atoms with van der Waals surface area (Å²) in [7, 11) is 0. The third-order valence-corrected chi connectivity index (χ3v) is 3.66. The zero-order valence-corrected chi connectivity index (χ0v) is 13.2. The van der Waals surface area contributed by atoms with Gasteiger partial charge in [-0.2, -0.15) is 5.26 Å². The molecule has 1 unspecified atom stereocenters. The lowest BCUT2D eigenvalue weighted by molar-refractivity contribution is 0.0937. The summed E-state index contributed by atoms with van der Waals surface area (Å²) in [6.45, 7) is 9.58. The number of amides is 1. The van der Waals surface area contributed by atoms with Gasteiger partial charge in [-0.1, -0.05) is 13.8 Å². The molecule has 1 N–H and O–H groups in total. The Morgan fingerprint density at radius 3 is 2.43 bits per heavy atom. The number of hydrogen-bond acceptors (Lipinski definition) is 3. The van der Waals surface area contributed by atoms with E-state index >= 15 is 0 Å². The van der Waals surface area contributed by atoms with Crippen molar-refractivity contribution in [3.8, 4) is 6.07 Å². The zero-order chi connectivity index (χ0) is 15.7. The first kappa shape index (κ1) is 17.2. The van der Waals surface area contributed by atoms with Crippen LogP contribution in [0.15, 0.2) is 24.3 Å². The SMILES string of the molecule is CCN(CC)CCCC(C)NC(=O)c1ccc(C#N)cc1. The van der Waals surface area contributed by atoms with Crippen molar-refractivity contribution in [3.63, 3.8) is 0 Å². The second kappa shape index (κ2) is 9.15. The molecule has 1 aromatic rings. The van der Waals surface area contributed by atoms with Crippen LogP contribution in [0.4, 0.5) is 0 Å². The predicted molar refractivity (Wildman–Crippen MR) is 85.1 cm³/mol. The lowest BCUT2D eigenvalue weighted by Gasteiger charge is -2.19. The van der Waals surface area contributed by atoms with Crippen molar-refractivity contribution in [1.29, 1.82) is 5.26 Å². The fraction of sp³-hybridized carbons (Fsp3) is 0.529. The van der Waals surface area contributed by atoms with Crippen LogP contribution in [0.3, 0.4) is 0 Å². The normalized spacial score (nSPS) is 12.0. The minimum absolute atomic E-state index is 0.0742. The molecule has 0 aromatic heterocycles. The first-order chi connectivity index (χ1) is 10.1. The van der Waals surface area contributed by atoms with Crippen LogP contribution < -0.4 is 5.32 Å². The van der Waals surface area contributed by atoms with Gasteiger partial charge in [0, 0.05) is 11.6 Å². The summed E-state index contributed by atoms with van der Waals surface area (Å²) in [6, 6.07) is 8.92. The molecule has 0 radical (unpaired) electrons. The summed E-state index contributed by atoms with van der Waals surface area (Å²) < 4.78 is 0. The third-order valence-electron chi connectivity index (χ3n) is 3.66. The smallest absolute Gasteiger partial charge is 0.251 e. The minimum Gasteiger partial charge on any atom is -0.350 e. The van der Waals surface area contributed by atoms with E-state index in [0.717, 1.165) is 32.5 Å². The van der Waals surface area contributed by atoms with Gasteiger partial charge < -0.3 is 10.2 Å². The molecule has 0 saturated carbocycles. The van der Waals surface area contributed by atoms with Crippen molar-refractivity contribution in [1.82, 2.24) is 10.2 Å². The van der Waals surface area contributed by atoms with Crippen molar-refractivity contribution in [2.75, 3.05) is 19.6 Å². The van der Waals surface area contributed by atoms with Gasteiger partial charge in [-0.05, 0) is 63.7 Å². The number of carbonyl (C=O) groups excluding carboxylic acids is 1. The summed E-state index contributed by atoms with van der Waals surface area (Å²) in [5, 5.41) is 11.7. The minimum atomic E-state index is -0.0742. The molecule has 0 bridgehead atoms. The van der Waals surface area contributed by atoms with E-state index in [-0.39, 0.29) is 11.9 Å². The van der Waals surface area contributed by atoms with Crippen LogP contribution in [0.25, 0.3) is 0 Å². The highest BCUT2D eigenvalue weighted by molar-refractivity contribution is 5.94. The monoisotopic (exact) mass is 287 g/mol. The van der Waals surface area contributed by atoms with Crippen LogP contribution in [0, 0.1) is 11.3 Å². The Morgan fingerprint density at radius 1 is 1.29 bits per heavy atom. The molecule has 4 heteroatoms. The molecule has 0 aliphatic heterocycles. The Hall–Kier alpha value is -1.86. The maximum Gasteiger partial charge on any atom is 0.251 e. The molecule has 1 atom stereocenters. The van der Waals surface area contributed by atoms with E-state index in [9.17, 15) is 4.79 Å². The fourth-order valence-electron chi connectivity index (χ4n) is 2.24. The number of carbonyl (C=O) groups is 1. The van der Waals surface area contributed by atoms with Crippen molar-refractivity contribution >= 4 is 5.91 Å². The van der Waals surface area contributed by atoms with E-state index in [0.29, 0.717) is 11.1 Å². The molecule has 0 saturated heterocycles. The van der Waals surface area contributed by atoms with Gasteiger partial charge in [0.2, 0.25) is 0 Å². The second-order valence-corrected chi connectivity index (χ2v) is 5.23. The molecular formula is C17H25N3O. The molecule has 0 heterocycles. The number of benzene rings is 1. The first-order valence-electron chi connectivity index (χ1n) is 7.64. The molecule has 0 fully saturated rings. The maximum absolute atomic E-state index is 12.1. The van der Waals surface area contributed by atoms with Crippen LogP contribution >= 0.6 is 0 Å². The molecule has 1 aromatic carbocycles. The Kier molecular flexibility index (Phi) is 7.49. The van der Waals surface area contributed by atoms with Crippen LogP contribution in [0.1, 0.15) is 49.5 Å². The van der Waals surface area contributed by atoms with E-state index in [1.54, 1.807) is 24.3 Å². The fourth-order valence-corrected chi connectivity index (χ4v) is 2.24. The van der Waals surface area contributed by atoms with E-state index in [1.807, 2.05) is 13.0 Å². The highest BCUT2D eigenvalue weighted by Gasteiger charge is 2.10. The molecule has 4 nitrogen and oxygen atoms in total. The average molecular weight is 287 g/mol. The lowest BCUT2D eigenvalue weighted by Crippen LogP contribution is -2.33. The molecule has 0 spiro atoms. The van der Waals surface area contributed by atoms with Gasteiger partial charge in [0.1, 0.15) is 0 Å². The molecule has 21 heavy (non-hydrogen) atoms. The van der Waals surface area contributed by atoms with E-state index < -0.39 is 0 Å². The average Bonchev–Trinajstić information content (AvgIpc) is 2.51. The van der Waals surface area contributed by atoms with E-state index in [1.165, 1.54) is 0 Å². The molecule has 0 aliphatic rings. The number of nitrogens with one attached hydrogen (secondary N) is 1. The first-order valence-corrected chi connectivity index (χ1v) is 7.64. The topological polar surface area (TPSA) is 56.1 Å². The van der Waals surface area contributed by atoms with Gasteiger partial charge in [0.25, 0.3) is 5.91 Å². The lowest BCUT2D eigenvalue weighted by atomic mass is 10.1. The van der Waals surface area contributed by atoms with Crippen LogP contribution in [-0.2, 0) is 0 Å². The number of nitrogens with zero attached hydrogens (tertiary/aromatic N) is 2. The summed E-state index contributed by atoms with van der Waals surface area (Å²) in [5.41, 5.74) is 1.17. The second-order valence-electron chi connectivity index (χ2n) is 5.23. The molecule has 114 valence electrons. The van der Waals surface area contributed by atoms with Gasteiger partial charge >= 0.3 is 0 Å². The number of rotatable bonds is 8. The van der Waals surface area contributed by atoms with Gasteiger partial charge in [0.05, 0.1) is 11.6 Å². The summed E-state index contributed by atoms with van der Waals surface area (Å²) in [4.78, 5) is 14.4. The Labute approximate surface area is 127 Å².